The van der Waals surface area contributed by atoms with Gasteiger partial charge in [0.05, 0.1) is 21.2 Å². The van der Waals surface area contributed by atoms with Crippen molar-refractivity contribution in [2.75, 3.05) is 7.11 Å². The molecule has 0 saturated carbocycles. The summed E-state index contributed by atoms with van der Waals surface area (Å²) in [7, 11) is 1.37. The molecule has 6 nitrogen and oxygen atoms in total. The third-order valence-corrected chi connectivity index (χ3v) is 4.68. The summed E-state index contributed by atoms with van der Waals surface area (Å²) in [4.78, 5) is 22.8. The summed E-state index contributed by atoms with van der Waals surface area (Å²) in [5.41, 5.74) is 1.34. The Kier molecular flexibility index (Phi) is 5.28. The standard InChI is InChI=1S/C18H11ClINO5/c1-25-17-14(20)7-10(8-15(17)21(23)24)6-12-9-16(26-18(12)22)11-2-4-13(19)5-3-11/h2-9H,1H3/b12-6+. The Morgan fingerprint density at radius 3 is 2.58 bits per heavy atom. The molecule has 26 heavy (non-hydrogen) atoms. The topological polar surface area (TPSA) is 78.7 Å². The molecule has 0 bridgehead atoms. The maximum absolute atomic E-state index is 12.1. The number of cyclic esters (lactones) is 1. The number of carbonyl (C=O) groups excluding carboxylic acids is 1. The number of ether oxygens (including phenoxy) is 2. The Balaban J connectivity index is 2.00. The van der Waals surface area contributed by atoms with Crippen molar-refractivity contribution in [3.63, 3.8) is 0 Å². The summed E-state index contributed by atoms with van der Waals surface area (Å²) >= 11 is 7.81. The third-order valence-electron chi connectivity index (χ3n) is 3.62. The highest BCUT2D eigenvalue weighted by Gasteiger charge is 2.24. The largest absolute Gasteiger partial charge is 0.489 e. The SMILES string of the molecule is COc1c(I)cc(/C=C2\C=C(c3ccc(Cl)cc3)OC2=O)cc1[N+](=O)[O-]. The van der Waals surface area contributed by atoms with E-state index in [1.165, 1.54) is 13.2 Å². The third kappa shape index (κ3) is 3.73. The van der Waals surface area contributed by atoms with Crippen LogP contribution in [0.1, 0.15) is 11.1 Å². The molecule has 0 spiro atoms. The van der Waals surface area contributed by atoms with Gasteiger partial charge >= 0.3 is 11.7 Å². The van der Waals surface area contributed by atoms with E-state index in [4.69, 9.17) is 21.1 Å². The number of esters is 1. The van der Waals surface area contributed by atoms with Crippen molar-refractivity contribution in [3.05, 3.63) is 77.9 Å². The predicted octanol–water partition coefficient (Wildman–Crippen LogP) is 4.84. The van der Waals surface area contributed by atoms with Crippen LogP contribution in [0.25, 0.3) is 11.8 Å². The van der Waals surface area contributed by atoms with Gasteiger partial charge in [-0.15, -0.1) is 0 Å². The van der Waals surface area contributed by atoms with E-state index in [2.05, 4.69) is 0 Å². The van der Waals surface area contributed by atoms with Crippen molar-refractivity contribution in [1.82, 2.24) is 0 Å². The van der Waals surface area contributed by atoms with E-state index in [0.29, 0.717) is 31.1 Å². The van der Waals surface area contributed by atoms with Crippen LogP contribution in [0.5, 0.6) is 5.75 Å². The van der Waals surface area contributed by atoms with E-state index in [1.807, 2.05) is 22.6 Å². The number of benzene rings is 2. The lowest BCUT2D eigenvalue weighted by molar-refractivity contribution is -0.385. The molecule has 0 aliphatic carbocycles. The van der Waals surface area contributed by atoms with E-state index in [9.17, 15) is 14.9 Å². The lowest BCUT2D eigenvalue weighted by Gasteiger charge is -2.05. The van der Waals surface area contributed by atoms with Gasteiger partial charge in [-0.3, -0.25) is 10.1 Å². The van der Waals surface area contributed by atoms with Crippen molar-refractivity contribution < 1.29 is 19.2 Å². The number of rotatable bonds is 4. The number of hydrogen-bond donors (Lipinski definition) is 0. The molecule has 1 heterocycles. The van der Waals surface area contributed by atoms with Crippen LogP contribution in [0.3, 0.4) is 0 Å². The van der Waals surface area contributed by atoms with Gasteiger partial charge in [0, 0.05) is 16.7 Å². The molecule has 132 valence electrons. The van der Waals surface area contributed by atoms with Crippen molar-refractivity contribution in [2.24, 2.45) is 0 Å². The van der Waals surface area contributed by atoms with E-state index < -0.39 is 10.9 Å². The predicted molar refractivity (Wildman–Crippen MR) is 106 cm³/mol. The van der Waals surface area contributed by atoms with Crippen LogP contribution in [-0.2, 0) is 9.53 Å². The average molecular weight is 484 g/mol. The normalized spacial score (nSPS) is 15.0. The summed E-state index contributed by atoms with van der Waals surface area (Å²) in [5.74, 6) is 0.0585. The molecule has 8 heteroatoms. The zero-order valence-corrected chi connectivity index (χ0v) is 16.3. The lowest BCUT2D eigenvalue weighted by Crippen LogP contribution is -1.99. The summed E-state index contributed by atoms with van der Waals surface area (Å²) in [6.07, 6.45) is 3.13. The minimum Gasteiger partial charge on any atom is -0.489 e. The first-order chi connectivity index (χ1) is 12.4. The number of nitro benzene ring substituents is 1. The van der Waals surface area contributed by atoms with Crippen molar-refractivity contribution in [2.45, 2.75) is 0 Å². The van der Waals surface area contributed by atoms with Crippen LogP contribution in [0.2, 0.25) is 5.02 Å². The fourth-order valence-corrected chi connectivity index (χ4v) is 3.43. The Labute approximate surface area is 167 Å². The van der Waals surface area contributed by atoms with Crippen LogP contribution in [0, 0.1) is 13.7 Å². The van der Waals surface area contributed by atoms with Crippen LogP contribution in [0.4, 0.5) is 5.69 Å². The number of hydrogen-bond acceptors (Lipinski definition) is 5. The van der Waals surface area contributed by atoms with Gasteiger partial charge in [-0.25, -0.2) is 4.79 Å². The van der Waals surface area contributed by atoms with Crippen LogP contribution in [0.15, 0.2) is 48.0 Å². The molecule has 2 aromatic carbocycles. The number of carbonyl (C=O) groups is 1. The molecule has 0 fully saturated rings. The monoisotopic (exact) mass is 483 g/mol. The second kappa shape index (κ2) is 7.46. The molecule has 1 aliphatic heterocycles. The molecule has 0 unspecified atom stereocenters. The first kappa shape index (κ1) is 18.4. The van der Waals surface area contributed by atoms with E-state index in [1.54, 1.807) is 42.5 Å². The lowest BCUT2D eigenvalue weighted by atomic mass is 10.1. The van der Waals surface area contributed by atoms with Gasteiger partial charge in [0.25, 0.3) is 0 Å². The van der Waals surface area contributed by atoms with Gasteiger partial charge < -0.3 is 9.47 Å². The van der Waals surface area contributed by atoms with Crippen LogP contribution < -0.4 is 4.74 Å². The Hall–Kier alpha value is -2.39. The molecule has 0 radical (unpaired) electrons. The minimum absolute atomic E-state index is 0.167. The molecular formula is C18H11ClINO5. The zero-order chi connectivity index (χ0) is 18.8. The van der Waals surface area contributed by atoms with Crippen molar-refractivity contribution in [1.29, 1.82) is 0 Å². The van der Waals surface area contributed by atoms with Crippen LogP contribution >= 0.6 is 34.2 Å². The second-order valence-electron chi connectivity index (χ2n) is 5.32. The molecule has 2 aromatic rings. The maximum Gasteiger partial charge on any atom is 0.343 e. The average Bonchev–Trinajstić information content (AvgIpc) is 2.95. The fourth-order valence-electron chi connectivity index (χ4n) is 2.45. The van der Waals surface area contributed by atoms with Crippen molar-refractivity contribution >= 4 is 57.7 Å². The molecule has 0 amide bonds. The van der Waals surface area contributed by atoms with Gasteiger partial charge in [0.15, 0.2) is 0 Å². The van der Waals surface area contributed by atoms with E-state index >= 15 is 0 Å². The summed E-state index contributed by atoms with van der Waals surface area (Å²) in [6.45, 7) is 0. The second-order valence-corrected chi connectivity index (χ2v) is 6.92. The Bertz CT molecular complexity index is 966. The summed E-state index contributed by atoms with van der Waals surface area (Å²) < 4.78 is 10.9. The molecule has 0 N–H and O–H groups in total. The first-order valence-electron chi connectivity index (χ1n) is 7.32. The molecule has 1 aliphatic rings. The highest BCUT2D eigenvalue weighted by molar-refractivity contribution is 14.1. The van der Waals surface area contributed by atoms with Gasteiger partial charge in [0.2, 0.25) is 5.75 Å². The summed E-state index contributed by atoms with van der Waals surface area (Å²) in [5, 5.41) is 11.8. The first-order valence-corrected chi connectivity index (χ1v) is 8.78. The van der Waals surface area contributed by atoms with Gasteiger partial charge in [-0.2, -0.15) is 0 Å². The number of methoxy groups -OCH3 is 1. The smallest absolute Gasteiger partial charge is 0.343 e. The molecule has 0 atom stereocenters. The Morgan fingerprint density at radius 2 is 1.96 bits per heavy atom. The molecule has 3 rings (SSSR count). The number of halogens is 2. The van der Waals surface area contributed by atoms with Crippen molar-refractivity contribution in [3.8, 4) is 5.75 Å². The Morgan fingerprint density at radius 1 is 1.27 bits per heavy atom. The number of nitrogens with zero attached hydrogens (tertiary/aromatic N) is 1. The highest BCUT2D eigenvalue weighted by Crippen LogP contribution is 2.35. The zero-order valence-electron chi connectivity index (χ0n) is 13.4. The fraction of sp³-hybridized carbons (Fsp3) is 0.0556. The van der Waals surface area contributed by atoms with E-state index in [0.717, 1.165) is 0 Å². The maximum atomic E-state index is 12.1. The van der Waals surface area contributed by atoms with Gasteiger partial charge in [-0.1, -0.05) is 11.6 Å². The highest BCUT2D eigenvalue weighted by atomic mass is 127. The van der Waals surface area contributed by atoms with Gasteiger partial charge in [-0.05, 0) is 70.6 Å². The molecule has 0 saturated heterocycles. The quantitative estimate of drug-likeness (QED) is 0.204. The summed E-state index contributed by atoms with van der Waals surface area (Å²) in [6, 6.07) is 9.93. The molecular weight excluding hydrogens is 473 g/mol. The van der Waals surface area contributed by atoms with Crippen LogP contribution in [-0.4, -0.2) is 18.0 Å². The van der Waals surface area contributed by atoms with Gasteiger partial charge in [0.1, 0.15) is 5.76 Å². The minimum atomic E-state index is -0.525. The number of nitro groups is 1. The van der Waals surface area contributed by atoms with E-state index in [-0.39, 0.29) is 11.4 Å². The molecule has 0 aromatic heterocycles.